The Morgan fingerprint density at radius 1 is 1.17 bits per heavy atom. The van der Waals surface area contributed by atoms with Crippen LogP contribution >= 0.6 is 0 Å². The summed E-state index contributed by atoms with van der Waals surface area (Å²) in [5.74, 6) is 0. The molecule has 1 aromatic rings. The topological polar surface area (TPSA) is 24.1 Å². The van der Waals surface area contributed by atoms with E-state index in [9.17, 15) is 0 Å². The molecular weight excluding hydrogens is 148 g/mol. The molecule has 0 aromatic heterocycles. The highest BCUT2D eigenvalue weighted by Gasteiger charge is 2.09. The van der Waals surface area contributed by atoms with Crippen LogP contribution in [-0.2, 0) is 0 Å². The van der Waals surface area contributed by atoms with Gasteiger partial charge in [-0.1, -0.05) is 36.4 Å². The van der Waals surface area contributed by atoms with E-state index in [1.807, 2.05) is 12.3 Å². The van der Waals surface area contributed by atoms with Crippen LogP contribution in [0, 0.1) is 0 Å². The molecule has 0 fully saturated rings. The Morgan fingerprint density at radius 3 is 2.67 bits per heavy atom. The van der Waals surface area contributed by atoms with E-state index in [0.29, 0.717) is 6.04 Å². The van der Waals surface area contributed by atoms with Crippen molar-refractivity contribution in [2.75, 3.05) is 0 Å². The van der Waals surface area contributed by atoms with Crippen molar-refractivity contribution in [3.05, 3.63) is 48.2 Å². The SMILES string of the molecule is C1=CNNC(c2ccccc2)C1. The summed E-state index contributed by atoms with van der Waals surface area (Å²) in [6.07, 6.45) is 5.12. The summed E-state index contributed by atoms with van der Waals surface area (Å²) >= 11 is 0. The van der Waals surface area contributed by atoms with Crippen LogP contribution in [-0.4, -0.2) is 0 Å². The third-order valence-corrected chi connectivity index (χ3v) is 2.03. The highest BCUT2D eigenvalue weighted by molar-refractivity contribution is 5.20. The zero-order chi connectivity index (χ0) is 8.23. The van der Waals surface area contributed by atoms with Crippen molar-refractivity contribution < 1.29 is 0 Å². The molecule has 0 radical (unpaired) electrons. The summed E-state index contributed by atoms with van der Waals surface area (Å²) in [5.41, 5.74) is 7.53. The highest BCUT2D eigenvalue weighted by atomic mass is 15.4. The molecule has 0 aliphatic carbocycles. The average Bonchev–Trinajstić information content (AvgIpc) is 2.21. The maximum Gasteiger partial charge on any atom is 0.0544 e. The zero-order valence-corrected chi connectivity index (χ0v) is 6.83. The van der Waals surface area contributed by atoms with Crippen LogP contribution in [0.4, 0.5) is 0 Å². The molecule has 2 N–H and O–H groups in total. The van der Waals surface area contributed by atoms with E-state index in [4.69, 9.17) is 0 Å². The lowest BCUT2D eigenvalue weighted by atomic mass is 10.0. The van der Waals surface area contributed by atoms with Gasteiger partial charge in [0.2, 0.25) is 0 Å². The average molecular weight is 160 g/mol. The van der Waals surface area contributed by atoms with E-state index in [1.54, 1.807) is 0 Å². The van der Waals surface area contributed by atoms with Gasteiger partial charge in [0, 0.05) is 6.20 Å². The van der Waals surface area contributed by atoms with E-state index in [-0.39, 0.29) is 0 Å². The molecule has 2 nitrogen and oxygen atoms in total. The van der Waals surface area contributed by atoms with Gasteiger partial charge in [0.1, 0.15) is 0 Å². The van der Waals surface area contributed by atoms with Crippen molar-refractivity contribution in [1.82, 2.24) is 10.9 Å². The van der Waals surface area contributed by atoms with Crippen molar-refractivity contribution in [3.63, 3.8) is 0 Å². The van der Waals surface area contributed by atoms with E-state index < -0.39 is 0 Å². The fourth-order valence-corrected chi connectivity index (χ4v) is 1.38. The third kappa shape index (κ3) is 1.48. The first-order valence-corrected chi connectivity index (χ1v) is 4.18. The Labute approximate surface area is 72.3 Å². The predicted molar refractivity (Wildman–Crippen MR) is 49.2 cm³/mol. The van der Waals surface area contributed by atoms with Gasteiger partial charge in [-0.15, -0.1) is 0 Å². The molecule has 2 heteroatoms. The van der Waals surface area contributed by atoms with E-state index in [0.717, 1.165) is 6.42 Å². The van der Waals surface area contributed by atoms with Gasteiger partial charge in [-0.25, -0.2) is 5.43 Å². The third-order valence-electron chi connectivity index (χ3n) is 2.03. The van der Waals surface area contributed by atoms with Gasteiger partial charge >= 0.3 is 0 Å². The quantitative estimate of drug-likeness (QED) is 0.654. The number of benzene rings is 1. The molecule has 0 amide bonds. The van der Waals surface area contributed by atoms with Crippen molar-refractivity contribution >= 4 is 0 Å². The lowest BCUT2D eigenvalue weighted by molar-refractivity contribution is 0.473. The van der Waals surface area contributed by atoms with Gasteiger partial charge in [0.05, 0.1) is 6.04 Å². The molecule has 1 atom stereocenters. The van der Waals surface area contributed by atoms with Crippen molar-refractivity contribution in [1.29, 1.82) is 0 Å². The minimum Gasteiger partial charge on any atom is -0.329 e. The molecule has 0 spiro atoms. The number of hydrazine groups is 1. The first kappa shape index (κ1) is 7.37. The first-order chi connectivity index (χ1) is 5.97. The van der Waals surface area contributed by atoms with E-state index in [2.05, 4.69) is 41.2 Å². The normalized spacial score (nSPS) is 21.8. The van der Waals surface area contributed by atoms with Gasteiger partial charge in [-0.3, -0.25) is 0 Å². The largest absolute Gasteiger partial charge is 0.329 e. The molecule has 1 aliphatic heterocycles. The maximum absolute atomic E-state index is 3.20. The lowest BCUT2D eigenvalue weighted by Crippen LogP contribution is -2.33. The molecule has 1 unspecified atom stereocenters. The Balaban J connectivity index is 2.15. The second-order valence-corrected chi connectivity index (χ2v) is 2.89. The van der Waals surface area contributed by atoms with Gasteiger partial charge < -0.3 is 5.43 Å². The second kappa shape index (κ2) is 3.41. The lowest BCUT2D eigenvalue weighted by Gasteiger charge is -2.20. The Hall–Kier alpha value is -1.28. The van der Waals surface area contributed by atoms with Crippen LogP contribution < -0.4 is 10.9 Å². The molecule has 12 heavy (non-hydrogen) atoms. The van der Waals surface area contributed by atoms with Gasteiger partial charge in [0.25, 0.3) is 0 Å². The summed E-state index contributed by atoms with van der Waals surface area (Å²) in [6.45, 7) is 0. The molecule has 0 saturated carbocycles. The summed E-state index contributed by atoms with van der Waals surface area (Å²) < 4.78 is 0. The standard InChI is InChI=1S/C10H12N2/c1-2-5-9(6-3-1)10-7-4-8-11-12-10/h1-6,8,10-12H,7H2. The van der Waals surface area contributed by atoms with Crippen molar-refractivity contribution in [3.8, 4) is 0 Å². The summed E-state index contributed by atoms with van der Waals surface area (Å²) in [6, 6.07) is 10.9. The smallest absolute Gasteiger partial charge is 0.0544 e. The van der Waals surface area contributed by atoms with Crippen molar-refractivity contribution in [2.24, 2.45) is 0 Å². The summed E-state index contributed by atoms with van der Waals surface area (Å²) in [7, 11) is 0. The van der Waals surface area contributed by atoms with Gasteiger partial charge in [0.15, 0.2) is 0 Å². The number of nitrogens with one attached hydrogen (secondary N) is 2. The fourth-order valence-electron chi connectivity index (χ4n) is 1.38. The molecule has 2 rings (SSSR count). The Morgan fingerprint density at radius 2 is 2.00 bits per heavy atom. The minimum absolute atomic E-state index is 0.413. The predicted octanol–water partition coefficient (Wildman–Crippen LogP) is 1.74. The molecule has 1 aliphatic rings. The van der Waals surface area contributed by atoms with E-state index >= 15 is 0 Å². The Kier molecular flexibility index (Phi) is 2.10. The molecular formula is C10H12N2. The van der Waals surface area contributed by atoms with Gasteiger partial charge in [-0.05, 0) is 12.0 Å². The maximum atomic E-state index is 3.20. The molecule has 1 heterocycles. The second-order valence-electron chi connectivity index (χ2n) is 2.89. The van der Waals surface area contributed by atoms with Gasteiger partial charge in [-0.2, -0.15) is 0 Å². The van der Waals surface area contributed by atoms with Crippen LogP contribution in [0.1, 0.15) is 18.0 Å². The Bertz CT molecular complexity index is 266. The number of hydrogen-bond donors (Lipinski definition) is 2. The number of rotatable bonds is 1. The number of hydrogen-bond acceptors (Lipinski definition) is 2. The highest BCUT2D eigenvalue weighted by Crippen LogP contribution is 2.17. The molecule has 1 aromatic carbocycles. The summed E-state index contributed by atoms with van der Waals surface area (Å²) in [5, 5.41) is 0. The molecule has 0 saturated heterocycles. The van der Waals surface area contributed by atoms with Crippen LogP contribution in [0.3, 0.4) is 0 Å². The first-order valence-electron chi connectivity index (χ1n) is 4.18. The van der Waals surface area contributed by atoms with Crippen LogP contribution in [0.2, 0.25) is 0 Å². The minimum atomic E-state index is 0.413. The van der Waals surface area contributed by atoms with Crippen LogP contribution in [0.15, 0.2) is 42.6 Å². The zero-order valence-electron chi connectivity index (χ0n) is 6.83. The van der Waals surface area contributed by atoms with Crippen LogP contribution in [0.5, 0.6) is 0 Å². The van der Waals surface area contributed by atoms with Crippen LogP contribution in [0.25, 0.3) is 0 Å². The molecule has 0 bridgehead atoms. The fraction of sp³-hybridized carbons (Fsp3) is 0.200. The van der Waals surface area contributed by atoms with E-state index in [1.165, 1.54) is 5.56 Å². The van der Waals surface area contributed by atoms with Crippen molar-refractivity contribution in [2.45, 2.75) is 12.5 Å². The monoisotopic (exact) mass is 160 g/mol. The molecule has 62 valence electrons. The summed E-state index contributed by atoms with van der Waals surface area (Å²) in [4.78, 5) is 0.